The molecule has 1 aliphatic heterocycles. The van der Waals surface area contributed by atoms with Gasteiger partial charge in [-0.1, -0.05) is 12.8 Å². The standard InChI is InChI=1S/C17H25NO3S/c1-16(2)12-18(13-17(21-16)10-4-5-11-17)14-6-8-15(9-7-14)22(3,19)20/h6-9H,4-5,10-13H2,1-3H3. The molecule has 1 aromatic carbocycles. The summed E-state index contributed by atoms with van der Waals surface area (Å²) in [5, 5.41) is 0. The van der Waals surface area contributed by atoms with Gasteiger partial charge in [0, 0.05) is 25.0 Å². The Hall–Kier alpha value is -1.07. The van der Waals surface area contributed by atoms with Crippen LogP contribution in [0.5, 0.6) is 0 Å². The van der Waals surface area contributed by atoms with Gasteiger partial charge >= 0.3 is 0 Å². The molecule has 0 bridgehead atoms. The zero-order valence-corrected chi connectivity index (χ0v) is 14.4. The first-order chi connectivity index (χ1) is 10.2. The SMILES string of the molecule is CC1(C)CN(c2ccc(S(C)(=O)=O)cc2)CC2(CCCC2)O1. The minimum absolute atomic E-state index is 0.0305. The second kappa shape index (κ2) is 5.24. The van der Waals surface area contributed by atoms with Crippen molar-refractivity contribution in [3.8, 4) is 0 Å². The average Bonchev–Trinajstić information content (AvgIpc) is 2.83. The number of hydrogen-bond donors (Lipinski definition) is 0. The van der Waals surface area contributed by atoms with Gasteiger partial charge in [-0.25, -0.2) is 8.42 Å². The van der Waals surface area contributed by atoms with E-state index in [0.29, 0.717) is 4.90 Å². The second-order valence-corrected chi connectivity index (χ2v) is 9.39. The normalized spacial score (nSPS) is 23.9. The summed E-state index contributed by atoms with van der Waals surface area (Å²) in [7, 11) is -3.14. The molecule has 1 aliphatic carbocycles. The lowest BCUT2D eigenvalue weighted by Crippen LogP contribution is -2.58. The Morgan fingerprint density at radius 2 is 1.64 bits per heavy atom. The molecule has 2 fully saturated rings. The summed E-state index contributed by atoms with van der Waals surface area (Å²) in [6.45, 7) is 6.01. The molecule has 22 heavy (non-hydrogen) atoms. The van der Waals surface area contributed by atoms with Crippen LogP contribution in [0, 0.1) is 0 Å². The molecule has 1 heterocycles. The summed E-state index contributed by atoms with van der Waals surface area (Å²) in [4.78, 5) is 2.72. The fourth-order valence-electron chi connectivity index (χ4n) is 3.88. The van der Waals surface area contributed by atoms with Gasteiger partial charge in [0.1, 0.15) is 0 Å². The van der Waals surface area contributed by atoms with Crippen molar-refractivity contribution in [2.24, 2.45) is 0 Å². The third kappa shape index (κ3) is 3.15. The van der Waals surface area contributed by atoms with Crippen molar-refractivity contribution in [3.05, 3.63) is 24.3 Å². The second-order valence-electron chi connectivity index (χ2n) is 7.37. The maximum atomic E-state index is 11.6. The van der Waals surface area contributed by atoms with Crippen LogP contribution in [0.4, 0.5) is 5.69 Å². The molecular formula is C17H25NO3S. The molecule has 4 nitrogen and oxygen atoms in total. The minimum Gasteiger partial charge on any atom is -0.366 e. The number of rotatable bonds is 2. The van der Waals surface area contributed by atoms with E-state index in [9.17, 15) is 8.42 Å². The van der Waals surface area contributed by atoms with Crippen molar-refractivity contribution >= 4 is 15.5 Å². The van der Waals surface area contributed by atoms with Crippen LogP contribution >= 0.6 is 0 Å². The fourth-order valence-corrected chi connectivity index (χ4v) is 4.51. The third-order valence-corrected chi connectivity index (χ3v) is 5.82. The van der Waals surface area contributed by atoms with Crippen LogP contribution in [0.3, 0.4) is 0 Å². The van der Waals surface area contributed by atoms with E-state index in [1.165, 1.54) is 19.1 Å². The Bertz CT molecular complexity index is 643. The van der Waals surface area contributed by atoms with Gasteiger partial charge < -0.3 is 9.64 Å². The Balaban J connectivity index is 1.87. The third-order valence-electron chi connectivity index (χ3n) is 4.69. The summed E-state index contributed by atoms with van der Waals surface area (Å²) >= 11 is 0. The van der Waals surface area contributed by atoms with Gasteiger partial charge in [0.25, 0.3) is 0 Å². The largest absolute Gasteiger partial charge is 0.366 e. The number of benzene rings is 1. The molecule has 1 aromatic rings. The number of hydrogen-bond acceptors (Lipinski definition) is 4. The van der Waals surface area contributed by atoms with Gasteiger partial charge in [0.15, 0.2) is 9.84 Å². The van der Waals surface area contributed by atoms with Crippen molar-refractivity contribution in [1.29, 1.82) is 0 Å². The Kier molecular flexibility index (Phi) is 3.76. The highest BCUT2D eigenvalue weighted by atomic mass is 32.2. The van der Waals surface area contributed by atoms with E-state index >= 15 is 0 Å². The maximum Gasteiger partial charge on any atom is 0.175 e. The number of ether oxygens (including phenoxy) is 1. The molecule has 5 heteroatoms. The smallest absolute Gasteiger partial charge is 0.175 e. The monoisotopic (exact) mass is 323 g/mol. The predicted molar refractivity (Wildman–Crippen MR) is 88.1 cm³/mol. The van der Waals surface area contributed by atoms with E-state index in [1.54, 1.807) is 12.1 Å². The summed E-state index contributed by atoms with van der Waals surface area (Å²) in [6.07, 6.45) is 5.95. The molecule has 1 spiro atoms. The highest BCUT2D eigenvalue weighted by Gasteiger charge is 2.45. The number of anilines is 1. The van der Waals surface area contributed by atoms with Crippen molar-refractivity contribution in [2.45, 2.75) is 55.6 Å². The molecule has 1 saturated heterocycles. The van der Waals surface area contributed by atoms with Gasteiger partial charge in [-0.05, 0) is 51.0 Å². The van der Waals surface area contributed by atoms with Crippen molar-refractivity contribution in [3.63, 3.8) is 0 Å². The van der Waals surface area contributed by atoms with E-state index in [1.807, 2.05) is 12.1 Å². The first-order valence-electron chi connectivity index (χ1n) is 7.95. The van der Waals surface area contributed by atoms with Gasteiger partial charge in [0.2, 0.25) is 0 Å². The van der Waals surface area contributed by atoms with Crippen LogP contribution in [-0.4, -0.2) is 39.0 Å². The van der Waals surface area contributed by atoms with E-state index < -0.39 is 9.84 Å². The quantitative estimate of drug-likeness (QED) is 0.839. The molecule has 0 aromatic heterocycles. The summed E-state index contributed by atoms with van der Waals surface area (Å²) in [5.74, 6) is 0. The molecule has 0 atom stereocenters. The highest BCUT2D eigenvalue weighted by Crippen LogP contribution is 2.41. The summed E-state index contributed by atoms with van der Waals surface area (Å²) < 4.78 is 29.6. The topological polar surface area (TPSA) is 46.6 Å². The molecular weight excluding hydrogens is 298 g/mol. The maximum absolute atomic E-state index is 11.6. The van der Waals surface area contributed by atoms with Gasteiger partial charge in [-0.15, -0.1) is 0 Å². The molecule has 122 valence electrons. The number of nitrogens with zero attached hydrogens (tertiary/aromatic N) is 1. The van der Waals surface area contributed by atoms with E-state index in [-0.39, 0.29) is 11.2 Å². The Morgan fingerprint density at radius 3 is 2.18 bits per heavy atom. The average molecular weight is 323 g/mol. The first kappa shape index (κ1) is 15.8. The molecule has 0 amide bonds. The Morgan fingerprint density at radius 1 is 1.05 bits per heavy atom. The van der Waals surface area contributed by atoms with E-state index in [4.69, 9.17) is 4.74 Å². The molecule has 2 aliphatic rings. The van der Waals surface area contributed by atoms with Crippen molar-refractivity contribution in [1.82, 2.24) is 0 Å². The highest BCUT2D eigenvalue weighted by molar-refractivity contribution is 7.90. The number of sulfone groups is 1. The van der Waals surface area contributed by atoms with Crippen LogP contribution < -0.4 is 4.90 Å². The molecule has 0 radical (unpaired) electrons. The van der Waals surface area contributed by atoms with Gasteiger partial charge in [-0.2, -0.15) is 0 Å². The van der Waals surface area contributed by atoms with Crippen molar-refractivity contribution in [2.75, 3.05) is 24.2 Å². The number of morpholine rings is 1. The lowest BCUT2D eigenvalue weighted by Gasteiger charge is -2.49. The Labute approximate surface area is 133 Å². The molecule has 1 saturated carbocycles. The van der Waals surface area contributed by atoms with E-state index in [2.05, 4.69) is 18.7 Å². The lowest BCUT2D eigenvalue weighted by atomic mass is 9.93. The van der Waals surface area contributed by atoms with Crippen molar-refractivity contribution < 1.29 is 13.2 Å². The minimum atomic E-state index is -3.14. The fraction of sp³-hybridized carbons (Fsp3) is 0.647. The van der Waals surface area contributed by atoms with Crippen LogP contribution in [0.2, 0.25) is 0 Å². The van der Waals surface area contributed by atoms with Crippen LogP contribution in [-0.2, 0) is 14.6 Å². The molecule has 3 rings (SSSR count). The first-order valence-corrected chi connectivity index (χ1v) is 9.84. The predicted octanol–water partition coefficient (Wildman–Crippen LogP) is 3.02. The van der Waals surface area contributed by atoms with Gasteiger partial charge in [-0.3, -0.25) is 0 Å². The summed E-state index contributed by atoms with van der Waals surface area (Å²) in [6, 6.07) is 7.24. The van der Waals surface area contributed by atoms with E-state index in [0.717, 1.165) is 31.6 Å². The van der Waals surface area contributed by atoms with Crippen LogP contribution in [0.15, 0.2) is 29.2 Å². The zero-order valence-electron chi connectivity index (χ0n) is 13.6. The zero-order chi connectivity index (χ0) is 16.0. The summed E-state index contributed by atoms with van der Waals surface area (Å²) in [5.41, 5.74) is 0.866. The van der Waals surface area contributed by atoms with Crippen LogP contribution in [0.25, 0.3) is 0 Å². The van der Waals surface area contributed by atoms with Gasteiger partial charge in [0.05, 0.1) is 16.1 Å². The molecule has 0 unspecified atom stereocenters. The molecule has 0 N–H and O–H groups in total. The lowest BCUT2D eigenvalue weighted by molar-refractivity contribution is -0.148. The van der Waals surface area contributed by atoms with Crippen LogP contribution in [0.1, 0.15) is 39.5 Å².